The van der Waals surface area contributed by atoms with E-state index in [4.69, 9.17) is 5.73 Å². The van der Waals surface area contributed by atoms with Crippen LogP contribution < -0.4 is 15.5 Å². The molecule has 0 unspecified atom stereocenters. The second-order valence-corrected chi connectivity index (χ2v) is 6.73. The van der Waals surface area contributed by atoms with E-state index in [1.165, 1.54) is 0 Å². The Morgan fingerprint density at radius 2 is 1.88 bits per heavy atom. The van der Waals surface area contributed by atoms with Gasteiger partial charge >= 0.3 is 0 Å². The van der Waals surface area contributed by atoms with Gasteiger partial charge < -0.3 is 20.4 Å². The largest absolute Gasteiger partial charge is 0.366 e. The Bertz CT molecular complexity index is 781. The van der Waals surface area contributed by atoms with E-state index in [1.807, 2.05) is 18.3 Å². The molecule has 1 amide bonds. The van der Waals surface area contributed by atoms with Crippen LogP contribution in [0.15, 0.2) is 36.5 Å². The molecular weight excluding hydrogens is 314 g/mol. The van der Waals surface area contributed by atoms with Crippen LogP contribution in [0.25, 0.3) is 0 Å². The smallest absolute Gasteiger partial charge is 0.249 e. The number of aromatic nitrogens is 1. The number of piperazine rings is 1. The summed E-state index contributed by atoms with van der Waals surface area (Å²) < 4.78 is 0. The lowest BCUT2D eigenvalue weighted by molar-refractivity contribution is 0.0999. The van der Waals surface area contributed by atoms with Crippen LogP contribution in [0.4, 0.5) is 17.2 Å². The zero-order valence-electron chi connectivity index (χ0n) is 14.5. The van der Waals surface area contributed by atoms with E-state index in [2.05, 4.69) is 38.9 Å². The van der Waals surface area contributed by atoms with Crippen molar-refractivity contribution in [3.63, 3.8) is 0 Å². The first-order valence-electron chi connectivity index (χ1n) is 8.72. The molecule has 2 aliphatic heterocycles. The molecule has 2 aliphatic rings. The number of carbonyl (C=O) groups is 1. The van der Waals surface area contributed by atoms with Crippen LogP contribution in [-0.4, -0.2) is 55.6 Å². The van der Waals surface area contributed by atoms with Gasteiger partial charge in [-0.2, -0.15) is 0 Å². The number of nitrogens with zero attached hydrogens (tertiary/aromatic N) is 4. The van der Waals surface area contributed by atoms with Crippen molar-refractivity contribution >= 4 is 23.1 Å². The molecule has 130 valence electrons. The topological polar surface area (TPSA) is 65.7 Å². The van der Waals surface area contributed by atoms with Crippen molar-refractivity contribution in [2.24, 2.45) is 5.73 Å². The number of benzene rings is 1. The molecule has 0 spiro atoms. The highest BCUT2D eigenvalue weighted by Crippen LogP contribution is 2.36. The average Bonchev–Trinajstić information content (AvgIpc) is 3.06. The second kappa shape index (κ2) is 6.37. The van der Waals surface area contributed by atoms with E-state index in [9.17, 15) is 4.79 Å². The fourth-order valence-corrected chi connectivity index (χ4v) is 3.69. The lowest BCUT2D eigenvalue weighted by atomic mass is 10.0. The predicted octanol–water partition coefficient (Wildman–Crippen LogP) is 1.63. The third-order valence-electron chi connectivity index (χ3n) is 5.16. The summed E-state index contributed by atoms with van der Waals surface area (Å²) in [5, 5.41) is 0. The molecule has 1 aromatic carbocycles. The van der Waals surface area contributed by atoms with Crippen LogP contribution in [0.3, 0.4) is 0 Å². The van der Waals surface area contributed by atoms with Crippen LogP contribution in [0.1, 0.15) is 15.9 Å². The van der Waals surface area contributed by atoms with Crippen LogP contribution in [-0.2, 0) is 6.42 Å². The van der Waals surface area contributed by atoms with Gasteiger partial charge in [0.05, 0.1) is 11.9 Å². The number of anilines is 3. The molecule has 2 aromatic rings. The third-order valence-corrected chi connectivity index (χ3v) is 5.16. The highest BCUT2D eigenvalue weighted by molar-refractivity contribution is 5.97. The molecule has 0 aliphatic carbocycles. The monoisotopic (exact) mass is 337 g/mol. The normalized spacial score (nSPS) is 17.6. The van der Waals surface area contributed by atoms with Gasteiger partial charge in [-0.1, -0.05) is 6.07 Å². The van der Waals surface area contributed by atoms with Crippen molar-refractivity contribution in [1.82, 2.24) is 9.88 Å². The Balaban J connectivity index is 1.57. The number of amides is 1. The summed E-state index contributed by atoms with van der Waals surface area (Å²) in [6.45, 7) is 5.00. The first kappa shape index (κ1) is 15.9. The quantitative estimate of drug-likeness (QED) is 0.922. The molecule has 1 saturated heterocycles. The molecule has 0 radical (unpaired) electrons. The molecule has 0 saturated carbocycles. The Morgan fingerprint density at radius 1 is 1.08 bits per heavy atom. The van der Waals surface area contributed by atoms with E-state index in [0.29, 0.717) is 5.56 Å². The van der Waals surface area contributed by atoms with Crippen molar-refractivity contribution in [3.05, 3.63) is 47.7 Å². The molecule has 3 heterocycles. The summed E-state index contributed by atoms with van der Waals surface area (Å²) >= 11 is 0. The highest BCUT2D eigenvalue weighted by Gasteiger charge is 2.25. The van der Waals surface area contributed by atoms with Crippen molar-refractivity contribution in [2.45, 2.75) is 6.42 Å². The Hall–Kier alpha value is -2.60. The summed E-state index contributed by atoms with van der Waals surface area (Å²) in [4.78, 5) is 23.2. The number of carbonyl (C=O) groups excluding carboxylic acids is 1. The summed E-state index contributed by atoms with van der Waals surface area (Å²) in [7, 11) is 2.15. The first-order chi connectivity index (χ1) is 12.1. The predicted molar refractivity (Wildman–Crippen MR) is 99.6 cm³/mol. The Kier molecular flexibility index (Phi) is 4.05. The van der Waals surface area contributed by atoms with Gasteiger partial charge in [-0.15, -0.1) is 0 Å². The van der Waals surface area contributed by atoms with E-state index in [1.54, 1.807) is 6.07 Å². The highest BCUT2D eigenvalue weighted by atomic mass is 16.1. The van der Waals surface area contributed by atoms with Crippen LogP contribution in [0.5, 0.6) is 0 Å². The Morgan fingerprint density at radius 3 is 2.56 bits per heavy atom. The van der Waals surface area contributed by atoms with Gasteiger partial charge in [-0.25, -0.2) is 4.98 Å². The molecular formula is C19H23N5O. The van der Waals surface area contributed by atoms with Gasteiger partial charge in [-0.05, 0) is 43.3 Å². The lowest BCUT2D eigenvalue weighted by Crippen LogP contribution is -2.44. The number of pyridine rings is 1. The number of hydrogen-bond acceptors (Lipinski definition) is 5. The Labute approximate surface area is 147 Å². The zero-order valence-corrected chi connectivity index (χ0v) is 14.5. The number of fused-ring (bicyclic) bond motifs is 1. The first-order valence-corrected chi connectivity index (χ1v) is 8.72. The van der Waals surface area contributed by atoms with Crippen LogP contribution >= 0.6 is 0 Å². The fraction of sp³-hybridized carbons (Fsp3) is 0.368. The van der Waals surface area contributed by atoms with Crippen molar-refractivity contribution in [1.29, 1.82) is 0 Å². The van der Waals surface area contributed by atoms with Gasteiger partial charge in [0.1, 0.15) is 5.82 Å². The summed E-state index contributed by atoms with van der Waals surface area (Å²) in [6.07, 6.45) is 2.76. The van der Waals surface area contributed by atoms with E-state index >= 15 is 0 Å². The van der Waals surface area contributed by atoms with Crippen LogP contribution in [0.2, 0.25) is 0 Å². The molecule has 1 fully saturated rings. The third kappa shape index (κ3) is 2.93. The number of nitrogens with two attached hydrogens (primary N) is 1. The van der Waals surface area contributed by atoms with Gasteiger partial charge in [0, 0.05) is 44.0 Å². The van der Waals surface area contributed by atoms with Crippen LogP contribution in [0, 0.1) is 0 Å². The molecule has 6 nitrogen and oxygen atoms in total. The van der Waals surface area contributed by atoms with Crippen molar-refractivity contribution < 1.29 is 4.79 Å². The molecule has 0 bridgehead atoms. The van der Waals surface area contributed by atoms with Gasteiger partial charge in [-0.3, -0.25) is 4.79 Å². The minimum atomic E-state index is -0.359. The maximum absolute atomic E-state index is 11.6. The van der Waals surface area contributed by atoms with E-state index in [-0.39, 0.29) is 5.91 Å². The second-order valence-electron chi connectivity index (χ2n) is 6.73. The number of primary amides is 1. The number of hydrogen-bond donors (Lipinski definition) is 1. The van der Waals surface area contributed by atoms with E-state index < -0.39 is 0 Å². The molecule has 1 aromatic heterocycles. The van der Waals surface area contributed by atoms with E-state index in [0.717, 1.165) is 61.9 Å². The molecule has 2 N–H and O–H groups in total. The van der Waals surface area contributed by atoms with Crippen molar-refractivity contribution in [3.8, 4) is 0 Å². The molecule has 4 rings (SSSR count). The fourth-order valence-electron chi connectivity index (χ4n) is 3.69. The molecule has 0 atom stereocenters. The van der Waals surface area contributed by atoms with Gasteiger partial charge in [0.15, 0.2) is 0 Å². The number of rotatable bonds is 3. The SMILES string of the molecule is CN1CCN(c2ccc(N3CCc4c(C(N)=O)cccc43)cn2)CC1. The maximum Gasteiger partial charge on any atom is 0.249 e. The zero-order chi connectivity index (χ0) is 17.4. The minimum Gasteiger partial charge on any atom is -0.366 e. The molecule has 25 heavy (non-hydrogen) atoms. The van der Waals surface area contributed by atoms with Crippen molar-refractivity contribution in [2.75, 3.05) is 49.6 Å². The summed E-state index contributed by atoms with van der Waals surface area (Å²) in [5.41, 5.74) is 9.29. The van der Waals surface area contributed by atoms with Gasteiger partial charge in [0.2, 0.25) is 5.91 Å². The average molecular weight is 337 g/mol. The minimum absolute atomic E-state index is 0.359. The number of likely N-dealkylation sites (N-methyl/N-ethyl adjacent to an activating group) is 1. The standard InChI is InChI=1S/C19H23N5O/c1-22-9-11-23(12-10-22)18-6-5-14(13-21-18)24-8-7-15-16(19(20)25)3-2-4-17(15)24/h2-6,13H,7-12H2,1H3,(H2,20,25). The maximum atomic E-state index is 11.6. The van der Waals surface area contributed by atoms with Gasteiger partial charge in [0.25, 0.3) is 0 Å². The summed E-state index contributed by atoms with van der Waals surface area (Å²) in [5.74, 6) is 0.671. The molecule has 6 heteroatoms. The lowest BCUT2D eigenvalue weighted by Gasteiger charge is -2.33. The summed E-state index contributed by atoms with van der Waals surface area (Å²) in [6, 6.07) is 9.95.